The topological polar surface area (TPSA) is 107 Å². The summed E-state index contributed by atoms with van der Waals surface area (Å²) in [5, 5.41) is 28.0. The summed E-state index contributed by atoms with van der Waals surface area (Å²) < 4.78 is 14.0. The number of nitrogens with zero attached hydrogens (tertiary/aromatic N) is 12. The largest absolute Gasteiger partial charge is 0 e. The molecule has 0 aliphatic carbocycles. The molecule has 0 N–H and O–H groups in total. The summed E-state index contributed by atoms with van der Waals surface area (Å²) in [6.07, 6.45) is 0. The van der Waals surface area contributed by atoms with Gasteiger partial charge in [0.15, 0.2) is 0 Å². The van der Waals surface area contributed by atoms with Gasteiger partial charge in [0.05, 0.1) is 34.2 Å². The number of rotatable bonds is 8. The van der Waals surface area contributed by atoms with Crippen LogP contribution in [-0.2, 0) is 12.6 Å². The first-order valence-electron chi connectivity index (χ1n) is 17.6. The second-order valence-corrected chi connectivity index (χ2v) is 19.4. The molecule has 0 saturated carbocycles. The van der Waals surface area contributed by atoms with Crippen molar-refractivity contribution in [3.8, 4) is 0 Å². The van der Waals surface area contributed by atoms with Gasteiger partial charge in [0.2, 0.25) is 0 Å². The molecule has 6 heterocycles. The molecule has 0 atom stereocenters. The van der Waals surface area contributed by atoms with Crippen LogP contribution in [0.2, 0.25) is 0 Å². The molecule has 1 aromatic carbocycles. The Labute approximate surface area is 370 Å². The van der Waals surface area contributed by atoms with Crippen LogP contribution < -0.4 is 3.61 Å². The van der Waals surface area contributed by atoms with Crippen molar-refractivity contribution in [3.63, 3.8) is 0 Å². The molecule has 0 spiro atoms. The third-order valence-electron chi connectivity index (χ3n) is 8.52. The van der Waals surface area contributed by atoms with Gasteiger partial charge in [-0.15, -0.1) is 0 Å². The van der Waals surface area contributed by atoms with E-state index in [1.165, 1.54) is 3.61 Å². The summed E-state index contributed by atoms with van der Waals surface area (Å²) in [5.41, 5.74) is 12.5. The summed E-state index contributed by atoms with van der Waals surface area (Å²) in [7, 11) is -0.452. The third kappa shape index (κ3) is 11.0. The Morgan fingerprint density at radius 1 is 0.455 bits per heavy atom. The van der Waals surface area contributed by atoms with Gasteiger partial charge >= 0.3 is 96.2 Å². The molecule has 0 aliphatic heterocycles. The molecule has 0 amide bonds. The molecule has 0 fully saturated rings. The van der Waals surface area contributed by atoms with E-state index in [-0.39, 0.29) is 66.3 Å². The Kier molecular flexibility index (Phi) is 15.6. The summed E-state index contributed by atoms with van der Waals surface area (Å²) >= 11 is 9.34. The normalized spacial score (nSPS) is 10.6. The Bertz CT molecular complexity index is 2010. The molecule has 0 unspecified atom stereocenters. The zero-order valence-electron chi connectivity index (χ0n) is 33.6. The van der Waals surface area contributed by atoms with Gasteiger partial charge in [-0.05, 0) is 119 Å². The van der Waals surface area contributed by atoms with E-state index >= 15 is 0 Å². The first-order chi connectivity index (χ1) is 25.5. The van der Waals surface area contributed by atoms with Gasteiger partial charge < -0.3 is 0 Å². The first-order valence-corrected chi connectivity index (χ1v) is 20.8. The maximum atomic E-state index is 4.85. The number of aromatic nitrogens is 12. The van der Waals surface area contributed by atoms with E-state index in [0.717, 1.165) is 70.6 Å². The summed E-state index contributed by atoms with van der Waals surface area (Å²) in [5.74, 6) is 0. The molecular formula is C37H47B2N12S2TeU-. The molecule has 55 heavy (non-hydrogen) atoms. The van der Waals surface area contributed by atoms with Gasteiger partial charge in [-0.3, -0.25) is 27.6 Å². The van der Waals surface area contributed by atoms with Crippen molar-refractivity contribution < 1.29 is 31.1 Å². The average molecular weight is 1110 g/mol. The van der Waals surface area contributed by atoms with Crippen molar-refractivity contribution in [2.24, 2.45) is 0 Å². The van der Waals surface area contributed by atoms with Crippen molar-refractivity contribution in [2.45, 2.75) is 83.1 Å². The number of thiocarbonyl (C=S) groups is 1. The van der Waals surface area contributed by atoms with Crippen molar-refractivity contribution in [1.82, 2.24) is 58.1 Å². The second kappa shape index (κ2) is 19.3. The second-order valence-electron chi connectivity index (χ2n) is 13.6. The minimum atomic E-state index is -0.355. The fourth-order valence-corrected chi connectivity index (χ4v) is 9.16. The molecule has 6 aromatic heterocycles. The monoisotopic (exact) mass is 1110 g/mol. The van der Waals surface area contributed by atoms with Crippen LogP contribution in [0.4, 0.5) is 0 Å². The van der Waals surface area contributed by atoms with Crippen LogP contribution in [0, 0.1) is 114 Å². The Hall–Kier alpha value is -3.24. The predicted molar refractivity (Wildman–Crippen MR) is 226 cm³/mol. The van der Waals surface area contributed by atoms with Gasteiger partial charge in [0, 0.05) is 65.3 Å². The molecule has 7 aromatic rings. The third-order valence-corrected chi connectivity index (χ3v) is 11.6. The van der Waals surface area contributed by atoms with Crippen LogP contribution in [0.3, 0.4) is 0 Å². The van der Waals surface area contributed by atoms with Crippen LogP contribution >= 0.6 is 12.2 Å². The van der Waals surface area contributed by atoms with Crippen LogP contribution in [0.25, 0.3) is 0 Å². The average Bonchev–Trinajstić information content (AvgIpc) is 3.92. The molecule has 0 aliphatic rings. The van der Waals surface area contributed by atoms with Crippen LogP contribution in [0.15, 0.2) is 66.7 Å². The smallest absolute Gasteiger partial charge is 0 e. The predicted octanol–water partition coefficient (Wildman–Crippen LogP) is 4.96. The van der Waals surface area contributed by atoms with Gasteiger partial charge in [-0.1, -0.05) is 0 Å². The number of benzene rings is 1. The molecule has 284 valence electrons. The fraction of sp³-hybridized carbons (Fsp3) is 0.324. The quantitative estimate of drug-likeness (QED) is 0.120. The van der Waals surface area contributed by atoms with E-state index < -0.39 is 0 Å². The van der Waals surface area contributed by atoms with Crippen LogP contribution in [-0.4, -0.2) is 95.6 Å². The van der Waals surface area contributed by atoms with Gasteiger partial charge in [0.1, 0.15) is 0 Å². The zero-order valence-corrected chi connectivity index (χ0v) is 41.7. The molecule has 7 rings (SSSR count). The van der Waals surface area contributed by atoms with E-state index in [2.05, 4.69) is 121 Å². The minimum Gasteiger partial charge on any atom is 0 e. The molecule has 12 nitrogen and oxygen atoms in total. The number of hydrogen-bond acceptors (Lipinski definition) is 8. The van der Waals surface area contributed by atoms with E-state index in [4.69, 9.17) is 24.8 Å². The molecule has 0 saturated heterocycles. The minimum absolute atomic E-state index is 0. The van der Waals surface area contributed by atoms with Gasteiger partial charge in [-0.25, -0.2) is 0 Å². The van der Waals surface area contributed by atoms with Crippen molar-refractivity contribution in [2.75, 3.05) is 0 Å². The first kappa shape index (κ1) is 44.5. The van der Waals surface area contributed by atoms with E-state index in [9.17, 15) is 0 Å². The van der Waals surface area contributed by atoms with Crippen LogP contribution in [0.1, 0.15) is 68.3 Å². The number of hydrogen-bond donors (Lipinski definition) is 0. The Morgan fingerprint density at radius 3 is 0.836 bits per heavy atom. The van der Waals surface area contributed by atoms with Crippen molar-refractivity contribution in [3.05, 3.63) is 135 Å². The summed E-state index contributed by atoms with van der Waals surface area (Å²) in [4.78, 5) is 0. The van der Waals surface area contributed by atoms with Crippen molar-refractivity contribution in [1.29, 1.82) is 0 Å². The van der Waals surface area contributed by atoms with E-state index in [1.54, 1.807) is 0 Å². The molecule has 18 heteroatoms. The SMILES string of the molecule is Cc1cc(C)n(B(n2nc(C)cc2C)n2nc(C)cc2C)n1.Cc1cc(C)n(B(n2nc(C)cc2C)n2nc(C)cc2C)n1.S=C([S-])[Te]c1ccccc1.[U]. The Morgan fingerprint density at radius 2 is 0.673 bits per heavy atom. The maximum Gasteiger partial charge on any atom is 0 e. The summed E-state index contributed by atoms with van der Waals surface area (Å²) in [6.45, 7) is 24.4. The van der Waals surface area contributed by atoms with Crippen LogP contribution in [0.5, 0.6) is 0 Å². The fourth-order valence-electron chi connectivity index (χ4n) is 6.49. The van der Waals surface area contributed by atoms with Crippen molar-refractivity contribution >= 4 is 65.9 Å². The zero-order chi connectivity index (χ0) is 39.4. The standard InChI is InChI=1S/2C15H21BN6.C7H6S2Te.U/c2*1-10-7-13(4)20(17-10)16(21-14(5)8-11(2)18-21)22-15(6)9-12(3)19-22;8-7(9)10-6-4-2-1-3-5-6;/h2*7-9H,1-6H3;1-5H,(H,8,9);/p-1. The van der Waals surface area contributed by atoms with E-state index in [1.807, 2.05) is 87.3 Å². The van der Waals surface area contributed by atoms with E-state index in [0.29, 0.717) is 0 Å². The number of aryl methyl sites for hydroxylation is 12. The molecule has 0 bridgehead atoms. The Balaban J connectivity index is 0.000000195. The van der Waals surface area contributed by atoms with Gasteiger partial charge in [-0.2, -0.15) is 30.6 Å². The summed E-state index contributed by atoms with van der Waals surface area (Å²) in [6, 6.07) is 22.7. The molecule has 0 radical (unpaired) electrons. The van der Waals surface area contributed by atoms with Gasteiger partial charge in [0.25, 0.3) is 0 Å². The molecular weight excluding hydrogens is 1060 g/mol. The maximum absolute atomic E-state index is 4.85.